The lowest BCUT2D eigenvalue weighted by molar-refractivity contribution is 0.871. The second-order valence-corrected chi connectivity index (χ2v) is 5.88. The quantitative estimate of drug-likeness (QED) is 0.699. The van der Waals surface area contributed by atoms with Crippen molar-refractivity contribution < 1.29 is 0 Å². The van der Waals surface area contributed by atoms with Crippen molar-refractivity contribution >= 4 is 11.8 Å². The van der Waals surface area contributed by atoms with Crippen molar-refractivity contribution in [1.82, 2.24) is 9.97 Å². The van der Waals surface area contributed by atoms with E-state index in [1.165, 1.54) is 16.7 Å². The number of hydrogen-bond donors (Lipinski definition) is 2. The monoisotopic (exact) mass is 318 g/mol. The van der Waals surface area contributed by atoms with Crippen LogP contribution in [0.3, 0.4) is 0 Å². The Labute approximate surface area is 143 Å². The maximum atomic E-state index is 4.54. The Morgan fingerprint density at radius 1 is 0.958 bits per heavy atom. The van der Waals surface area contributed by atoms with Crippen LogP contribution in [0, 0.1) is 6.92 Å². The first-order chi connectivity index (χ1) is 11.7. The molecule has 3 rings (SSSR count). The number of nitrogens with one attached hydrogen (secondary N) is 2. The fraction of sp³-hybridized carbons (Fsp3) is 0.200. The van der Waals surface area contributed by atoms with E-state index in [0.717, 1.165) is 5.82 Å². The van der Waals surface area contributed by atoms with E-state index in [2.05, 4.69) is 70.8 Å². The van der Waals surface area contributed by atoms with Crippen LogP contribution >= 0.6 is 0 Å². The second kappa shape index (κ2) is 7.59. The predicted octanol–water partition coefficient (Wildman–Crippen LogP) is 4.57. The summed E-state index contributed by atoms with van der Waals surface area (Å²) in [6.45, 7) is 4.91. The minimum absolute atomic E-state index is 0.186. The lowest BCUT2D eigenvalue weighted by atomic mass is 10.1. The van der Waals surface area contributed by atoms with Crippen LogP contribution < -0.4 is 10.6 Å². The maximum Gasteiger partial charge on any atom is 0.224 e. The molecule has 1 atom stereocenters. The zero-order valence-corrected chi connectivity index (χ0v) is 14.0. The highest BCUT2D eigenvalue weighted by atomic mass is 15.1. The van der Waals surface area contributed by atoms with E-state index in [1.807, 2.05) is 24.3 Å². The summed E-state index contributed by atoms with van der Waals surface area (Å²) >= 11 is 0. The molecule has 0 aliphatic rings. The average Bonchev–Trinajstić information content (AvgIpc) is 2.62. The number of anilines is 2. The number of rotatable bonds is 6. The van der Waals surface area contributed by atoms with E-state index in [-0.39, 0.29) is 6.04 Å². The lowest BCUT2D eigenvalue weighted by Crippen LogP contribution is -2.10. The van der Waals surface area contributed by atoms with Crippen LogP contribution in [-0.2, 0) is 6.54 Å². The molecular weight excluding hydrogens is 296 g/mol. The molecule has 1 unspecified atom stereocenters. The van der Waals surface area contributed by atoms with Crippen LogP contribution in [0.4, 0.5) is 11.8 Å². The third kappa shape index (κ3) is 4.32. The van der Waals surface area contributed by atoms with Crippen LogP contribution in [-0.4, -0.2) is 9.97 Å². The highest BCUT2D eigenvalue weighted by molar-refractivity contribution is 5.42. The molecule has 0 saturated carbocycles. The third-order valence-electron chi connectivity index (χ3n) is 3.89. The third-order valence-corrected chi connectivity index (χ3v) is 3.89. The zero-order chi connectivity index (χ0) is 16.8. The normalized spacial score (nSPS) is 11.8. The maximum absolute atomic E-state index is 4.54. The second-order valence-electron chi connectivity index (χ2n) is 5.88. The van der Waals surface area contributed by atoms with Crippen molar-refractivity contribution in [2.75, 3.05) is 10.6 Å². The van der Waals surface area contributed by atoms with Crippen LogP contribution in [0.15, 0.2) is 66.9 Å². The Morgan fingerprint density at radius 2 is 1.71 bits per heavy atom. The smallest absolute Gasteiger partial charge is 0.224 e. The molecule has 122 valence electrons. The van der Waals surface area contributed by atoms with Gasteiger partial charge in [0.25, 0.3) is 0 Å². The van der Waals surface area contributed by atoms with Gasteiger partial charge in [-0.25, -0.2) is 4.98 Å². The van der Waals surface area contributed by atoms with Gasteiger partial charge in [-0.2, -0.15) is 4.98 Å². The molecule has 0 bridgehead atoms. The van der Waals surface area contributed by atoms with Gasteiger partial charge in [0.05, 0.1) is 0 Å². The summed E-state index contributed by atoms with van der Waals surface area (Å²) in [5, 5.41) is 6.68. The number of nitrogens with zero attached hydrogens (tertiary/aromatic N) is 2. The van der Waals surface area contributed by atoms with E-state index >= 15 is 0 Å². The van der Waals surface area contributed by atoms with Crippen molar-refractivity contribution in [3.63, 3.8) is 0 Å². The molecule has 0 aliphatic carbocycles. The fourth-order valence-corrected chi connectivity index (χ4v) is 2.46. The van der Waals surface area contributed by atoms with Gasteiger partial charge in [0.1, 0.15) is 5.82 Å². The van der Waals surface area contributed by atoms with Crippen molar-refractivity contribution in [2.24, 2.45) is 0 Å². The minimum Gasteiger partial charge on any atom is -0.363 e. The molecule has 4 nitrogen and oxygen atoms in total. The molecule has 2 aromatic carbocycles. The molecule has 1 aromatic heterocycles. The molecule has 1 heterocycles. The molecule has 0 saturated heterocycles. The van der Waals surface area contributed by atoms with Crippen LogP contribution in [0.1, 0.15) is 29.7 Å². The van der Waals surface area contributed by atoms with Gasteiger partial charge in [0.2, 0.25) is 5.95 Å². The Hall–Kier alpha value is -2.88. The van der Waals surface area contributed by atoms with E-state index in [0.29, 0.717) is 12.5 Å². The highest BCUT2D eigenvalue weighted by Gasteiger charge is 2.06. The van der Waals surface area contributed by atoms with Crippen molar-refractivity contribution in [1.29, 1.82) is 0 Å². The van der Waals surface area contributed by atoms with Gasteiger partial charge in [-0.1, -0.05) is 60.2 Å². The summed E-state index contributed by atoms with van der Waals surface area (Å²) in [6.07, 6.45) is 1.77. The molecule has 2 N–H and O–H groups in total. The molecule has 24 heavy (non-hydrogen) atoms. The van der Waals surface area contributed by atoms with Gasteiger partial charge in [0, 0.05) is 18.8 Å². The van der Waals surface area contributed by atoms with Gasteiger partial charge in [-0.15, -0.1) is 0 Å². The topological polar surface area (TPSA) is 49.8 Å². The van der Waals surface area contributed by atoms with Crippen LogP contribution in [0.2, 0.25) is 0 Å². The van der Waals surface area contributed by atoms with Crippen LogP contribution in [0.5, 0.6) is 0 Å². The van der Waals surface area contributed by atoms with Gasteiger partial charge in [0.15, 0.2) is 0 Å². The molecular formula is C20H22N4. The van der Waals surface area contributed by atoms with Crippen molar-refractivity contribution in [3.8, 4) is 0 Å². The van der Waals surface area contributed by atoms with Crippen molar-refractivity contribution in [2.45, 2.75) is 26.4 Å². The Morgan fingerprint density at radius 3 is 2.46 bits per heavy atom. The number of aryl methyl sites for hydroxylation is 1. The number of benzene rings is 2. The Balaban J connectivity index is 1.62. The molecule has 0 amide bonds. The summed E-state index contributed by atoms with van der Waals surface area (Å²) in [4.78, 5) is 8.83. The lowest BCUT2D eigenvalue weighted by Gasteiger charge is -2.15. The average molecular weight is 318 g/mol. The molecule has 3 aromatic rings. The largest absolute Gasteiger partial charge is 0.363 e. The summed E-state index contributed by atoms with van der Waals surface area (Å²) < 4.78 is 0. The molecule has 0 radical (unpaired) electrons. The van der Waals surface area contributed by atoms with Gasteiger partial charge in [-0.05, 0) is 31.0 Å². The summed E-state index contributed by atoms with van der Waals surface area (Å²) in [5.74, 6) is 1.44. The first-order valence-corrected chi connectivity index (χ1v) is 8.14. The SMILES string of the molecule is Cc1ccc(CNc2nccc(NC(C)c3ccccc3)n2)cc1. The standard InChI is InChI=1S/C20H22N4/c1-15-8-10-17(11-9-15)14-22-20-21-13-12-19(24-20)23-16(2)18-6-4-3-5-7-18/h3-13,16H,14H2,1-2H3,(H2,21,22,23,24). The van der Waals surface area contributed by atoms with Crippen molar-refractivity contribution in [3.05, 3.63) is 83.6 Å². The van der Waals surface area contributed by atoms with Gasteiger partial charge >= 0.3 is 0 Å². The molecule has 0 aliphatic heterocycles. The molecule has 0 spiro atoms. The minimum atomic E-state index is 0.186. The Kier molecular flexibility index (Phi) is 5.06. The van der Waals surface area contributed by atoms with E-state index < -0.39 is 0 Å². The fourth-order valence-electron chi connectivity index (χ4n) is 2.46. The van der Waals surface area contributed by atoms with E-state index in [1.54, 1.807) is 6.20 Å². The first-order valence-electron chi connectivity index (χ1n) is 8.14. The number of aromatic nitrogens is 2. The molecule has 4 heteroatoms. The highest BCUT2D eigenvalue weighted by Crippen LogP contribution is 2.18. The molecule has 0 fully saturated rings. The van der Waals surface area contributed by atoms with Gasteiger partial charge in [-0.3, -0.25) is 0 Å². The number of hydrogen-bond acceptors (Lipinski definition) is 4. The van der Waals surface area contributed by atoms with Gasteiger partial charge < -0.3 is 10.6 Å². The summed E-state index contributed by atoms with van der Waals surface area (Å²) in [7, 11) is 0. The summed E-state index contributed by atoms with van der Waals surface area (Å²) in [5.41, 5.74) is 3.70. The van der Waals surface area contributed by atoms with Crippen LogP contribution in [0.25, 0.3) is 0 Å². The van der Waals surface area contributed by atoms with E-state index in [4.69, 9.17) is 0 Å². The zero-order valence-electron chi connectivity index (χ0n) is 14.0. The Bertz CT molecular complexity index is 769. The summed E-state index contributed by atoms with van der Waals surface area (Å²) in [6, 6.07) is 20.8. The van der Waals surface area contributed by atoms with E-state index in [9.17, 15) is 0 Å². The first kappa shape index (κ1) is 16.0. The predicted molar refractivity (Wildman–Crippen MR) is 99.0 cm³/mol.